The number of aromatic nitrogens is 1. The Morgan fingerprint density at radius 2 is 1.84 bits per heavy atom. The number of nitrogens with zero attached hydrogens (tertiary/aromatic N) is 2. The van der Waals surface area contributed by atoms with E-state index in [9.17, 15) is 5.11 Å². The van der Waals surface area contributed by atoms with Crippen LogP contribution in [0.4, 0.5) is 5.82 Å². The number of hydrogen-bond acceptors (Lipinski definition) is 4. The second-order valence-electron chi connectivity index (χ2n) is 6.66. The summed E-state index contributed by atoms with van der Waals surface area (Å²) >= 11 is 0. The molecular weight excluding hydrogens is 238 g/mol. The van der Waals surface area contributed by atoms with Crippen LogP contribution in [0.25, 0.3) is 0 Å². The molecule has 0 saturated heterocycles. The van der Waals surface area contributed by atoms with Crippen LogP contribution in [-0.2, 0) is 6.54 Å². The van der Waals surface area contributed by atoms with Gasteiger partial charge in [0, 0.05) is 25.3 Å². The summed E-state index contributed by atoms with van der Waals surface area (Å²) in [6.07, 6.45) is 1.89. The predicted molar refractivity (Wildman–Crippen MR) is 80.4 cm³/mol. The minimum atomic E-state index is -0.307. The van der Waals surface area contributed by atoms with Crippen molar-refractivity contribution in [3.63, 3.8) is 0 Å². The number of aliphatic hydroxyl groups is 1. The number of rotatable bonds is 5. The molecule has 0 unspecified atom stereocenters. The molecule has 19 heavy (non-hydrogen) atoms. The van der Waals surface area contributed by atoms with E-state index in [1.165, 1.54) is 0 Å². The Morgan fingerprint density at radius 3 is 2.26 bits per heavy atom. The van der Waals surface area contributed by atoms with E-state index >= 15 is 0 Å². The zero-order valence-electron chi connectivity index (χ0n) is 13.0. The first-order chi connectivity index (χ1) is 8.65. The first kappa shape index (κ1) is 15.9. The molecule has 4 nitrogen and oxygen atoms in total. The Hall–Kier alpha value is -1.13. The van der Waals surface area contributed by atoms with Crippen molar-refractivity contribution < 1.29 is 5.11 Å². The zero-order chi connectivity index (χ0) is 14.7. The summed E-state index contributed by atoms with van der Waals surface area (Å²) in [6, 6.07) is 4.07. The molecule has 0 aliphatic rings. The molecule has 0 aliphatic heterocycles. The molecule has 0 radical (unpaired) electrons. The summed E-state index contributed by atoms with van der Waals surface area (Å²) in [6.45, 7) is 11.3. The standard InChI is InChI=1S/C15H27N3O/c1-14(2,3)17-10-12-7-8-13(16-9-12)18(6)15(4,5)11-19/h7-9,17,19H,10-11H2,1-6H3. The van der Waals surface area contributed by atoms with Crippen LogP contribution < -0.4 is 10.2 Å². The fourth-order valence-electron chi connectivity index (χ4n) is 1.50. The fraction of sp³-hybridized carbons (Fsp3) is 0.667. The highest BCUT2D eigenvalue weighted by atomic mass is 16.3. The molecular formula is C15H27N3O. The molecule has 0 atom stereocenters. The molecule has 2 N–H and O–H groups in total. The summed E-state index contributed by atoms with van der Waals surface area (Å²) in [7, 11) is 1.95. The van der Waals surface area contributed by atoms with Crippen LogP contribution in [0.1, 0.15) is 40.2 Å². The minimum absolute atomic E-state index is 0.0957. The van der Waals surface area contributed by atoms with Crippen LogP contribution in [0, 0.1) is 0 Å². The van der Waals surface area contributed by atoms with Gasteiger partial charge in [0.1, 0.15) is 5.82 Å². The average Bonchev–Trinajstić information content (AvgIpc) is 2.35. The number of aliphatic hydroxyl groups excluding tert-OH is 1. The highest BCUT2D eigenvalue weighted by Gasteiger charge is 2.23. The zero-order valence-corrected chi connectivity index (χ0v) is 13.0. The third-order valence-corrected chi connectivity index (χ3v) is 3.27. The van der Waals surface area contributed by atoms with Gasteiger partial charge in [-0.05, 0) is 46.2 Å². The van der Waals surface area contributed by atoms with E-state index in [4.69, 9.17) is 0 Å². The Kier molecular flexibility index (Phi) is 4.93. The van der Waals surface area contributed by atoms with Crippen LogP contribution in [0.3, 0.4) is 0 Å². The van der Waals surface area contributed by atoms with Gasteiger partial charge in [0.2, 0.25) is 0 Å². The van der Waals surface area contributed by atoms with Gasteiger partial charge in [0.05, 0.1) is 12.1 Å². The van der Waals surface area contributed by atoms with Gasteiger partial charge in [0.15, 0.2) is 0 Å². The molecule has 0 aliphatic carbocycles. The quantitative estimate of drug-likeness (QED) is 0.856. The molecule has 1 aromatic heterocycles. The van der Waals surface area contributed by atoms with Crippen molar-refractivity contribution >= 4 is 5.82 Å². The molecule has 0 aromatic carbocycles. The maximum atomic E-state index is 9.37. The summed E-state index contributed by atoms with van der Waals surface area (Å²) in [4.78, 5) is 6.46. The van der Waals surface area contributed by atoms with E-state index in [-0.39, 0.29) is 17.7 Å². The average molecular weight is 265 g/mol. The van der Waals surface area contributed by atoms with Crippen LogP contribution in [0.5, 0.6) is 0 Å². The van der Waals surface area contributed by atoms with Crippen molar-refractivity contribution in [2.75, 3.05) is 18.6 Å². The normalized spacial score (nSPS) is 12.6. The van der Waals surface area contributed by atoms with E-state index in [1.807, 2.05) is 38.1 Å². The lowest BCUT2D eigenvalue weighted by Crippen LogP contribution is -2.44. The van der Waals surface area contributed by atoms with Gasteiger partial charge in [-0.1, -0.05) is 6.07 Å². The maximum Gasteiger partial charge on any atom is 0.128 e. The topological polar surface area (TPSA) is 48.4 Å². The maximum absolute atomic E-state index is 9.37. The number of likely N-dealkylation sites (N-methyl/N-ethyl adjacent to an activating group) is 1. The molecule has 108 valence electrons. The van der Waals surface area contributed by atoms with Gasteiger partial charge in [-0.2, -0.15) is 0 Å². The van der Waals surface area contributed by atoms with E-state index in [0.717, 1.165) is 17.9 Å². The van der Waals surface area contributed by atoms with Crippen LogP contribution >= 0.6 is 0 Å². The van der Waals surface area contributed by atoms with Gasteiger partial charge in [-0.15, -0.1) is 0 Å². The van der Waals surface area contributed by atoms with E-state index in [2.05, 4.69) is 37.1 Å². The predicted octanol–water partition coefficient (Wildman–Crippen LogP) is 2.18. The summed E-state index contributed by atoms with van der Waals surface area (Å²) in [5, 5.41) is 12.8. The highest BCUT2D eigenvalue weighted by Crippen LogP contribution is 2.19. The van der Waals surface area contributed by atoms with Crippen molar-refractivity contribution in [2.45, 2.75) is 52.2 Å². The van der Waals surface area contributed by atoms with Gasteiger partial charge in [-0.25, -0.2) is 4.98 Å². The SMILES string of the molecule is CN(c1ccc(CNC(C)(C)C)cn1)C(C)(C)CO. The first-order valence-corrected chi connectivity index (χ1v) is 6.70. The van der Waals surface area contributed by atoms with Crippen molar-refractivity contribution in [1.29, 1.82) is 0 Å². The number of hydrogen-bond donors (Lipinski definition) is 2. The van der Waals surface area contributed by atoms with Crippen molar-refractivity contribution in [3.8, 4) is 0 Å². The largest absolute Gasteiger partial charge is 0.394 e. The monoisotopic (exact) mass is 265 g/mol. The minimum Gasteiger partial charge on any atom is -0.394 e. The molecule has 1 heterocycles. The number of pyridine rings is 1. The lowest BCUT2D eigenvalue weighted by atomic mass is 10.1. The lowest BCUT2D eigenvalue weighted by Gasteiger charge is -2.34. The van der Waals surface area contributed by atoms with Gasteiger partial charge in [-0.3, -0.25) is 0 Å². The highest BCUT2D eigenvalue weighted by molar-refractivity contribution is 5.41. The Morgan fingerprint density at radius 1 is 1.21 bits per heavy atom. The van der Waals surface area contributed by atoms with Gasteiger partial charge < -0.3 is 15.3 Å². The van der Waals surface area contributed by atoms with E-state index in [0.29, 0.717) is 0 Å². The lowest BCUT2D eigenvalue weighted by molar-refractivity contribution is 0.215. The second kappa shape index (κ2) is 5.88. The first-order valence-electron chi connectivity index (χ1n) is 6.70. The second-order valence-corrected chi connectivity index (χ2v) is 6.66. The molecule has 0 bridgehead atoms. The Labute approximate surface area is 116 Å². The number of anilines is 1. The molecule has 1 rings (SSSR count). The molecule has 0 saturated carbocycles. The van der Waals surface area contributed by atoms with Gasteiger partial charge in [0.25, 0.3) is 0 Å². The van der Waals surface area contributed by atoms with Crippen molar-refractivity contribution in [1.82, 2.24) is 10.3 Å². The Bertz CT molecular complexity index is 393. The molecule has 0 spiro atoms. The van der Waals surface area contributed by atoms with Crippen molar-refractivity contribution in [2.24, 2.45) is 0 Å². The van der Waals surface area contributed by atoms with Gasteiger partial charge >= 0.3 is 0 Å². The van der Waals surface area contributed by atoms with Crippen LogP contribution in [0.2, 0.25) is 0 Å². The molecule has 0 fully saturated rings. The third-order valence-electron chi connectivity index (χ3n) is 3.27. The molecule has 0 amide bonds. The Balaban J connectivity index is 2.71. The number of nitrogens with one attached hydrogen (secondary N) is 1. The summed E-state index contributed by atoms with van der Waals surface area (Å²) < 4.78 is 0. The molecule has 1 aromatic rings. The van der Waals surface area contributed by atoms with Crippen LogP contribution in [-0.4, -0.2) is 34.8 Å². The summed E-state index contributed by atoms with van der Waals surface area (Å²) in [5.74, 6) is 0.874. The molecule has 4 heteroatoms. The third kappa shape index (κ3) is 4.80. The van der Waals surface area contributed by atoms with Crippen LogP contribution in [0.15, 0.2) is 18.3 Å². The van der Waals surface area contributed by atoms with E-state index in [1.54, 1.807) is 0 Å². The smallest absolute Gasteiger partial charge is 0.128 e. The van der Waals surface area contributed by atoms with E-state index < -0.39 is 0 Å². The van der Waals surface area contributed by atoms with Crippen molar-refractivity contribution in [3.05, 3.63) is 23.9 Å². The summed E-state index contributed by atoms with van der Waals surface area (Å²) in [5.41, 5.74) is 0.959. The fourth-order valence-corrected chi connectivity index (χ4v) is 1.50.